The Balaban J connectivity index is 1.64. The van der Waals surface area contributed by atoms with Crippen LogP contribution in [0.5, 0.6) is 0 Å². The van der Waals surface area contributed by atoms with E-state index in [9.17, 15) is 5.11 Å². The summed E-state index contributed by atoms with van der Waals surface area (Å²) in [5.41, 5.74) is 1.53. The molecule has 1 N–H and O–H groups in total. The Kier molecular flexibility index (Phi) is 4.05. The first kappa shape index (κ1) is 12.7. The normalized spacial score (nSPS) is 22.7. The Morgan fingerprint density at radius 1 is 1.11 bits per heavy atom. The standard InChI is InChI=1S/C16H24OS/c17-14(10-12-6-2-1-3-7-12)16-11-13-8-4-5-9-15(13)18-16/h11-12,14,17H,1-10H2. The zero-order chi connectivity index (χ0) is 12.4. The first-order valence-corrected chi connectivity index (χ1v) is 8.44. The summed E-state index contributed by atoms with van der Waals surface area (Å²) in [6.45, 7) is 0. The van der Waals surface area contributed by atoms with Crippen LogP contribution >= 0.6 is 11.3 Å². The molecule has 1 fully saturated rings. The molecule has 18 heavy (non-hydrogen) atoms. The second-order valence-electron chi connectivity index (χ2n) is 6.06. The van der Waals surface area contributed by atoms with Gasteiger partial charge < -0.3 is 5.11 Å². The summed E-state index contributed by atoms with van der Waals surface area (Å²) in [6, 6.07) is 2.30. The van der Waals surface area contributed by atoms with Gasteiger partial charge in [-0.25, -0.2) is 0 Å². The van der Waals surface area contributed by atoms with Gasteiger partial charge in [0.15, 0.2) is 0 Å². The molecule has 1 nitrogen and oxygen atoms in total. The van der Waals surface area contributed by atoms with Gasteiger partial charge in [-0.2, -0.15) is 0 Å². The van der Waals surface area contributed by atoms with E-state index in [0.717, 1.165) is 12.3 Å². The first-order chi connectivity index (χ1) is 8.83. The van der Waals surface area contributed by atoms with E-state index in [1.165, 1.54) is 68.2 Å². The average molecular weight is 264 g/mol. The van der Waals surface area contributed by atoms with Gasteiger partial charge in [0.25, 0.3) is 0 Å². The molecule has 1 heterocycles. The van der Waals surface area contributed by atoms with Crippen LogP contribution in [0.2, 0.25) is 0 Å². The summed E-state index contributed by atoms with van der Waals surface area (Å²) in [4.78, 5) is 2.80. The number of thiophene rings is 1. The molecular weight excluding hydrogens is 240 g/mol. The molecule has 2 aliphatic carbocycles. The summed E-state index contributed by atoms with van der Waals surface area (Å²) in [5, 5.41) is 10.4. The Bertz CT molecular complexity index is 366. The molecule has 0 bridgehead atoms. The van der Waals surface area contributed by atoms with E-state index < -0.39 is 0 Å². The van der Waals surface area contributed by atoms with Gasteiger partial charge in [-0.1, -0.05) is 32.1 Å². The van der Waals surface area contributed by atoms with Crippen LogP contribution in [0.15, 0.2) is 6.07 Å². The van der Waals surface area contributed by atoms with E-state index in [2.05, 4.69) is 6.07 Å². The van der Waals surface area contributed by atoms with Crippen LogP contribution in [0, 0.1) is 5.92 Å². The predicted molar refractivity (Wildman–Crippen MR) is 77.1 cm³/mol. The van der Waals surface area contributed by atoms with Crippen LogP contribution in [0.25, 0.3) is 0 Å². The molecular formula is C16H24OS. The lowest BCUT2D eigenvalue weighted by atomic mass is 9.85. The fourth-order valence-corrected chi connectivity index (χ4v) is 4.79. The Morgan fingerprint density at radius 2 is 1.89 bits per heavy atom. The highest BCUT2D eigenvalue weighted by Gasteiger charge is 2.22. The van der Waals surface area contributed by atoms with Crippen molar-refractivity contribution in [3.05, 3.63) is 21.4 Å². The molecule has 0 radical (unpaired) electrons. The second kappa shape index (κ2) is 5.75. The highest BCUT2D eigenvalue weighted by atomic mass is 32.1. The molecule has 1 atom stereocenters. The Hall–Kier alpha value is -0.340. The van der Waals surface area contributed by atoms with Crippen molar-refractivity contribution in [3.63, 3.8) is 0 Å². The molecule has 2 aliphatic rings. The molecule has 1 aromatic rings. The maximum atomic E-state index is 10.4. The number of rotatable bonds is 3. The van der Waals surface area contributed by atoms with Crippen molar-refractivity contribution in [2.45, 2.75) is 70.3 Å². The summed E-state index contributed by atoms with van der Waals surface area (Å²) in [6.07, 6.45) is 12.8. The molecule has 2 heteroatoms. The average Bonchev–Trinajstić information content (AvgIpc) is 2.84. The molecule has 0 aliphatic heterocycles. The lowest BCUT2D eigenvalue weighted by molar-refractivity contribution is 0.134. The first-order valence-electron chi connectivity index (χ1n) is 7.62. The Labute approximate surface area is 114 Å². The molecule has 100 valence electrons. The van der Waals surface area contributed by atoms with Gasteiger partial charge in [0.05, 0.1) is 6.10 Å². The van der Waals surface area contributed by atoms with Gasteiger partial charge >= 0.3 is 0 Å². The lowest BCUT2D eigenvalue weighted by Crippen LogP contribution is -2.10. The predicted octanol–water partition coefficient (Wildman–Crippen LogP) is 4.63. The number of hydrogen-bond donors (Lipinski definition) is 1. The molecule has 1 unspecified atom stereocenters. The fraction of sp³-hybridized carbons (Fsp3) is 0.750. The third-order valence-corrected chi connectivity index (χ3v) is 5.96. The molecule has 0 saturated heterocycles. The van der Waals surface area contributed by atoms with Crippen LogP contribution in [-0.2, 0) is 12.8 Å². The van der Waals surface area contributed by atoms with Gasteiger partial charge in [0.2, 0.25) is 0 Å². The second-order valence-corrected chi connectivity index (χ2v) is 7.23. The molecule has 1 aromatic heterocycles. The molecule has 0 aromatic carbocycles. The van der Waals surface area contributed by atoms with Crippen molar-refractivity contribution in [2.24, 2.45) is 5.92 Å². The quantitative estimate of drug-likeness (QED) is 0.844. The van der Waals surface area contributed by atoms with E-state index in [1.54, 1.807) is 4.88 Å². The molecule has 3 rings (SSSR count). The molecule has 1 saturated carbocycles. The zero-order valence-electron chi connectivity index (χ0n) is 11.2. The maximum absolute atomic E-state index is 10.4. The fourth-order valence-electron chi connectivity index (χ4n) is 3.53. The largest absolute Gasteiger partial charge is 0.388 e. The van der Waals surface area contributed by atoms with Crippen molar-refractivity contribution >= 4 is 11.3 Å². The lowest BCUT2D eigenvalue weighted by Gasteiger charge is -2.23. The number of aliphatic hydroxyl groups is 1. The smallest absolute Gasteiger partial charge is 0.0884 e. The van der Waals surface area contributed by atoms with E-state index in [-0.39, 0.29) is 6.10 Å². The number of aliphatic hydroxyl groups excluding tert-OH is 1. The van der Waals surface area contributed by atoms with Crippen LogP contribution in [-0.4, -0.2) is 5.11 Å². The number of aryl methyl sites for hydroxylation is 2. The van der Waals surface area contributed by atoms with Crippen LogP contribution in [0.3, 0.4) is 0 Å². The van der Waals surface area contributed by atoms with Crippen LogP contribution in [0.4, 0.5) is 0 Å². The Morgan fingerprint density at radius 3 is 2.67 bits per heavy atom. The van der Waals surface area contributed by atoms with Crippen molar-refractivity contribution in [2.75, 3.05) is 0 Å². The van der Waals surface area contributed by atoms with E-state index in [1.807, 2.05) is 11.3 Å². The van der Waals surface area contributed by atoms with Crippen molar-refractivity contribution in [3.8, 4) is 0 Å². The topological polar surface area (TPSA) is 20.2 Å². The minimum atomic E-state index is -0.191. The SMILES string of the molecule is OC(CC1CCCCC1)c1cc2c(s1)CCCC2. The van der Waals surface area contributed by atoms with Gasteiger partial charge in [0.1, 0.15) is 0 Å². The number of fused-ring (bicyclic) bond motifs is 1. The van der Waals surface area contributed by atoms with Crippen molar-refractivity contribution in [1.82, 2.24) is 0 Å². The van der Waals surface area contributed by atoms with Gasteiger partial charge in [-0.3, -0.25) is 0 Å². The zero-order valence-corrected chi connectivity index (χ0v) is 12.0. The van der Waals surface area contributed by atoms with Crippen molar-refractivity contribution in [1.29, 1.82) is 0 Å². The maximum Gasteiger partial charge on any atom is 0.0884 e. The van der Waals surface area contributed by atoms with E-state index in [4.69, 9.17) is 0 Å². The van der Waals surface area contributed by atoms with E-state index in [0.29, 0.717) is 0 Å². The third-order valence-electron chi connectivity index (χ3n) is 4.63. The van der Waals surface area contributed by atoms with Crippen LogP contribution in [0.1, 0.15) is 72.8 Å². The highest BCUT2D eigenvalue weighted by molar-refractivity contribution is 7.12. The molecule has 0 amide bonds. The number of hydrogen-bond acceptors (Lipinski definition) is 2. The van der Waals surface area contributed by atoms with Gasteiger partial charge in [0, 0.05) is 9.75 Å². The van der Waals surface area contributed by atoms with Gasteiger partial charge in [-0.05, 0) is 49.7 Å². The van der Waals surface area contributed by atoms with Crippen LogP contribution < -0.4 is 0 Å². The monoisotopic (exact) mass is 264 g/mol. The van der Waals surface area contributed by atoms with E-state index >= 15 is 0 Å². The summed E-state index contributed by atoms with van der Waals surface area (Å²) >= 11 is 1.88. The minimum Gasteiger partial charge on any atom is -0.388 e. The molecule has 0 spiro atoms. The summed E-state index contributed by atoms with van der Waals surface area (Å²) in [5.74, 6) is 0.771. The third kappa shape index (κ3) is 2.80. The minimum absolute atomic E-state index is 0.191. The highest BCUT2D eigenvalue weighted by Crippen LogP contribution is 2.37. The van der Waals surface area contributed by atoms with Gasteiger partial charge in [-0.15, -0.1) is 11.3 Å². The van der Waals surface area contributed by atoms with Crippen molar-refractivity contribution < 1.29 is 5.11 Å². The summed E-state index contributed by atoms with van der Waals surface area (Å²) < 4.78 is 0. The summed E-state index contributed by atoms with van der Waals surface area (Å²) in [7, 11) is 0.